The van der Waals surface area contributed by atoms with E-state index in [1.807, 2.05) is 64.1 Å². The van der Waals surface area contributed by atoms with E-state index in [0.29, 0.717) is 5.76 Å². The van der Waals surface area contributed by atoms with E-state index in [1.165, 1.54) is 0 Å². The van der Waals surface area contributed by atoms with Gasteiger partial charge in [0.15, 0.2) is 5.76 Å². The van der Waals surface area contributed by atoms with Gasteiger partial charge >= 0.3 is 0 Å². The Morgan fingerprint density at radius 1 is 1.00 bits per heavy atom. The fraction of sp³-hybridized carbons (Fsp3) is 0.211. The van der Waals surface area contributed by atoms with Crippen molar-refractivity contribution >= 4 is 22.6 Å². The third-order valence-corrected chi connectivity index (χ3v) is 4.02. The van der Waals surface area contributed by atoms with Crippen LogP contribution in [0.1, 0.15) is 32.8 Å². The number of fused-ring (bicyclic) bond motifs is 1. The smallest absolute Gasteiger partial charge is 0.291 e. The summed E-state index contributed by atoms with van der Waals surface area (Å²) < 4.78 is 5.76. The van der Waals surface area contributed by atoms with Gasteiger partial charge in [-0.1, -0.05) is 29.8 Å². The van der Waals surface area contributed by atoms with Crippen LogP contribution in [0.2, 0.25) is 0 Å². The molecule has 0 aliphatic rings. The summed E-state index contributed by atoms with van der Waals surface area (Å²) in [5.74, 6) is 0.173. The Morgan fingerprint density at radius 3 is 2.36 bits per heavy atom. The summed E-state index contributed by atoms with van der Waals surface area (Å²) in [7, 11) is 0. The Bertz CT molecular complexity index is 854. The lowest BCUT2D eigenvalue weighted by Crippen LogP contribution is -2.14. The third-order valence-electron chi connectivity index (χ3n) is 4.02. The van der Waals surface area contributed by atoms with Crippen LogP contribution in [-0.2, 0) is 0 Å². The Balaban J connectivity index is 2.01. The molecule has 0 aliphatic heterocycles. The number of benzene rings is 2. The summed E-state index contributed by atoms with van der Waals surface area (Å²) in [4.78, 5) is 12.6. The zero-order chi connectivity index (χ0) is 15.9. The van der Waals surface area contributed by atoms with E-state index in [-0.39, 0.29) is 5.91 Å². The second-order valence-electron chi connectivity index (χ2n) is 5.78. The molecule has 0 fully saturated rings. The van der Waals surface area contributed by atoms with Crippen LogP contribution < -0.4 is 5.32 Å². The Hall–Kier alpha value is -2.55. The number of hydrogen-bond acceptors (Lipinski definition) is 2. The molecule has 0 saturated heterocycles. The predicted octanol–water partition coefficient (Wildman–Crippen LogP) is 4.92. The van der Waals surface area contributed by atoms with Crippen molar-refractivity contribution < 1.29 is 9.21 Å². The Kier molecular flexibility index (Phi) is 3.49. The molecule has 3 aromatic rings. The van der Waals surface area contributed by atoms with Gasteiger partial charge < -0.3 is 9.73 Å². The number of anilines is 1. The molecule has 0 unspecified atom stereocenters. The van der Waals surface area contributed by atoms with Gasteiger partial charge in [-0.2, -0.15) is 0 Å². The number of carbonyl (C=O) groups is 1. The van der Waals surface area contributed by atoms with Crippen LogP contribution in [0.5, 0.6) is 0 Å². The number of rotatable bonds is 2. The maximum atomic E-state index is 12.6. The van der Waals surface area contributed by atoms with Crippen LogP contribution in [0.15, 0.2) is 40.8 Å². The van der Waals surface area contributed by atoms with Crippen LogP contribution >= 0.6 is 0 Å². The summed E-state index contributed by atoms with van der Waals surface area (Å²) >= 11 is 0. The van der Waals surface area contributed by atoms with E-state index < -0.39 is 0 Å². The SMILES string of the molecule is Cc1ccc2oc(C(=O)Nc3c(C)cccc3C)c(C)c2c1. The van der Waals surface area contributed by atoms with Crippen LogP contribution in [-0.4, -0.2) is 5.91 Å². The average molecular weight is 293 g/mol. The van der Waals surface area contributed by atoms with Crippen molar-refractivity contribution in [3.05, 3.63) is 64.4 Å². The summed E-state index contributed by atoms with van der Waals surface area (Å²) in [6.45, 7) is 7.92. The first kappa shape index (κ1) is 14.4. The van der Waals surface area contributed by atoms with Crippen LogP contribution in [0.3, 0.4) is 0 Å². The zero-order valence-electron chi connectivity index (χ0n) is 13.3. The molecule has 1 N–H and O–H groups in total. The third kappa shape index (κ3) is 2.39. The monoisotopic (exact) mass is 293 g/mol. The summed E-state index contributed by atoms with van der Waals surface area (Å²) in [5, 5.41) is 3.97. The predicted molar refractivity (Wildman–Crippen MR) is 89.6 cm³/mol. The number of amides is 1. The molecule has 3 rings (SSSR count). The van der Waals surface area contributed by atoms with Gasteiger partial charge in [0.25, 0.3) is 5.91 Å². The number of furan rings is 1. The van der Waals surface area contributed by atoms with Crippen molar-refractivity contribution in [1.29, 1.82) is 0 Å². The summed E-state index contributed by atoms with van der Waals surface area (Å²) in [5.41, 5.74) is 5.70. The van der Waals surface area contributed by atoms with E-state index in [9.17, 15) is 4.79 Å². The molecule has 0 saturated carbocycles. The number of nitrogens with one attached hydrogen (secondary N) is 1. The zero-order valence-corrected chi connectivity index (χ0v) is 13.3. The molecule has 1 aromatic heterocycles. The number of para-hydroxylation sites is 1. The topological polar surface area (TPSA) is 42.2 Å². The van der Waals surface area contributed by atoms with Gasteiger partial charge in [0.05, 0.1) is 0 Å². The van der Waals surface area contributed by atoms with Crippen molar-refractivity contribution in [2.75, 3.05) is 5.32 Å². The molecule has 0 radical (unpaired) electrons. The van der Waals surface area contributed by atoms with E-state index in [2.05, 4.69) is 5.32 Å². The lowest BCUT2D eigenvalue weighted by atomic mass is 10.1. The molecule has 2 aromatic carbocycles. The Labute approximate surface area is 130 Å². The molecule has 0 atom stereocenters. The van der Waals surface area contributed by atoms with Gasteiger partial charge in [0.1, 0.15) is 5.58 Å². The van der Waals surface area contributed by atoms with Crippen molar-refractivity contribution in [3.8, 4) is 0 Å². The highest BCUT2D eigenvalue weighted by molar-refractivity contribution is 6.07. The van der Waals surface area contributed by atoms with Gasteiger partial charge in [0.2, 0.25) is 0 Å². The highest BCUT2D eigenvalue weighted by Crippen LogP contribution is 2.28. The average Bonchev–Trinajstić information content (AvgIpc) is 2.80. The maximum Gasteiger partial charge on any atom is 0.291 e. The molecule has 0 aliphatic carbocycles. The lowest BCUT2D eigenvalue weighted by molar-refractivity contribution is 0.0997. The molecule has 0 bridgehead atoms. The van der Waals surface area contributed by atoms with E-state index in [0.717, 1.165) is 38.9 Å². The quantitative estimate of drug-likeness (QED) is 0.728. The number of aryl methyl sites for hydroxylation is 4. The standard InChI is InChI=1S/C19H19NO2/c1-11-8-9-16-15(10-11)14(4)18(22-16)19(21)20-17-12(2)6-5-7-13(17)3/h5-10H,1-4H3,(H,20,21). The lowest BCUT2D eigenvalue weighted by Gasteiger charge is -2.10. The molecule has 3 nitrogen and oxygen atoms in total. The molecular weight excluding hydrogens is 274 g/mol. The molecule has 3 heteroatoms. The molecule has 1 amide bonds. The van der Waals surface area contributed by atoms with Gasteiger partial charge in [-0.05, 0) is 51.0 Å². The van der Waals surface area contributed by atoms with Gasteiger partial charge in [-0.25, -0.2) is 0 Å². The molecular formula is C19H19NO2. The molecule has 112 valence electrons. The molecule has 22 heavy (non-hydrogen) atoms. The van der Waals surface area contributed by atoms with Crippen molar-refractivity contribution in [3.63, 3.8) is 0 Å². The second kappa shape index (κ2) is 5.34. The van der Waals surface area contributed by atoms with Crippen LogP contribution in [0.4, 0.5) is 5.69 Å². The highest BCUT2D eigenvalue weighted by atomic mass is 16.3. The van der Waals surface area contributed by atoms with E-state index in [4.69, 9.17) is 4.42 Å². The minimum absolute atomic E-state index is 0.205. The highest BCUT2D eigenvalue weighted by Gasteiger charge is 2.18. The van der Waals surface area contributed by atoms with E-state index in [1.54, 1.807) is 0 Å². The number of carbonyl (C=O) groups excluding carboxylic acids is 1. The Morgan fingerprint density at radius 2 is 1.68 bits per heavy atom. The summed E-state index contributed by atoms with van der Waals surface area (Å²) in [6.07, 6.45) is 0. The first-order valence-electron chi connectivity index (χ1n) is 7.34. The van der Waals surface area contributed by atoms with Crippen molar-refractivity contribution in [2.24, 2.45) is 0 Å². The molecule has 0 spiro atoms. The normalized spacial score (nSPS) is 10.9. The molecule has 1 heterocycles. The van der Waals surface area contributed by atoms with Gasteiger partial charge in [0, 0.05) is 16.6 Å². The van der Waals surface area contributed by atoms with Crippen LogP contribution in [0, 0.1) is 27.7 Å². The maximum absolute atomic E-state index is 12.6. The number of hydrogen-bond donors (Lipinski definition) is 1. The van der Waals surface area contributed by atoms with Crippen molar-refractivity contribution in [2.45, 2.75) is 27.7 Å². The second-order valence-corrected chi connectivity index (χ2v) is 5.78. The first-order valence-corrected chi connectivity index (χ1v) is 7.34. The van der Waals surface area contributed by atoms with Gasteiger partial charge in [-0.3, -0.25) is 4.79 Å². The largest absolute Gasteiger partial charge is 0.451 e. The fourth-order valence-corrected chi connectivity index (χ4v) is 2.73. The summed E-state index contributed by atoms with van der Waals surface area (Å²) in [6, 6.07) is 11.9. The van der Waals surface area contributed by atoms with Crippen LogP contribution in [0.25, 0.3) is 11.0 Å². The van der Waals surface area contributed by atoms with E-state index >= 15 is 0 Å². The van der Waals surface area contributed by atoms with Crippen molar-refractivity contribution in [1.82, 2.24) is 0 Å². The van der Waals surface area contributed by atoms with Gasteiger partial charge in [-0.15, -0.1) is 0 Å². The minimum atomic E-state index is -0.205. The first-order chi connectivity index (χ1) is 10.5. The fourth-order valence-electron chi connectivity index (χ4n) is 2.73. The minimum Gasteiger partial charge on any atom is -0.451 e.